The average molecular weight is 362 g/mol. The Bertz CT molecular complexity index is 918. The Labute approximate surface area is 146 Å². The normalized spacial score (nSPS) is 11.2. The number of aromatic nitrogens is 3. The highest BCUT2D eigenvalue weighted by Gasteiger charge is 2.31. The van der Waals surface area contributed by atoms with Gasteiger partial charge in [-0.3, -0.25) is 0 Å². The maximum atomic E-state index is 12.6. The molecule has 0 atom stereocenters. The van der Waals surface area contributed by atoms with Gasteiger partial charge in [-0.2, -0.15) is 0 Å². The van der Waals surface area contributed by atoms with Crippen molar-refractivity contribution in [3.8, 4) is 34.0 Å². The Morgan fingerprint density at radius 3 is 2.23 bits per heavy atom. The van der Waals surface area contributed by atoms with E-state index in [4.69, 9.17) is 10.5 Å². The van der Waals surface area contributed by atoms with Crippen LogP contribution in [-0.4, -0.2) is 28.7 Å². The Kier molecular flexibility index (Phi) is 4.61. The number of nitrogen functional groups attached to an aromatic ring is 1. The highest BCUT2D eigenvalue weighted by Crippen LogP contribution is 2.35. The third-order valence-corrected chi connectivity index (χ3v) is 3.37. The van der Waals surface area contributed by atoms with E-state index in [-0.39, 0.29) is 17.4 Å². The number of nitrogens with zero attached hydrogens (tertiary/aromatic N) is 3. The summed E-state index contributed by atoms with van der Waals surface area (Å²) >= 11 is 0. The molecule has 0 saturated heterocycles. The van der Waals surface area contributed by atoms with Crippen LogP contribution in [0.15, 0.2) is 48.5 Å². The standard InChI is InChI=1S/C17H13F3N4O2/c1-25-12-7-11(8-13(9-12)26-17(18,19)20)15-14(22-16(21)24-23-15)10-5-3-2-4-6-10/h2-9H,1H3,(H2,21,22,24). The maximum Gasteiger partial charge on any atom is 0.573 e. The Morgan fingerprint density at radius 2 is 1.58 bits per heavy atom. The van der Waals surface area contributed by atoms with Crippen LogP contribution in [0.2, 0.25) is 0 Å². The lowest BCUT2D eigenvalue weighted by atomic mass is 10.0. The molecule has 0 radical (unpaired) electrons. The van der Waals surface area contributed by atoms with Crippen LogP contribution < -0.4 is 15.2 Å². The summed E-state index contributed by atoms with van der Waals surface area (Å²) in [5.41, 5.74) is 7.23. The van der Waals surface area contributed by atoms with E-state index < -0.39 is 12.1 Å². The molecule has 0 aliphatic carbocycles. The first kappa shape index (κ1) is 17.5. The van der Waals surface area contributed by atoms with Crippen LogP contribution >= 0.6 is 0 Å². The van der Waals surface area contributed by atoms with Crippen molar-refractivity contribution in [3.63, 3.8) is 0 Å². The summed E-state index contributed by atoms with van der Waals surface area (Å²) in [7, 11) is 1.33. The van der Waals surface area contributed by atoms with Gasteiger partial charge in [0, 0.05) is 17.2 Å². The van der Waals surface area contributed by atoms with Crippen LogP contribution in [0.5, 0.6) is 11.5 Å². The lowest BCUT2D eigenvalue weighted by Crippen LogP contribution is -2.17. The maximum absolute atomic E-state index is 12.6. The predicted octanol–water partition coefficient (Wildman–Crippen LogP) is 3.70. The number of halogens is 3. The van der Waals surface area contributed by atoms with E-state index in [1.807, 2.05) is 6.07 Å². The minimum atomic E-state index is -4.84. The molecule has 2 N–H and O–H groups in total. The Morgan fingerprint density at radius 1 is 0.885 bits per heavy atom. The summed E-state index contributed by atoms with van der Waals surface area (Å²) in [6.45, 7) is 0. The molecule has 0 aliphatic rings. The highest BCUT2D eigenvalue weighted by molar-refractivity contribution is 5.79. The molecule has 26 heavy (non-hydrogen) atoms. The molecule has 134 valence electrons. The van der Waals surface area contributed by atoms with Crippen molar-refractivity contribution in [2.24, 2.45) is 0 Å². The second-order valence-electron chi connectivity index (χ2n) is 5.18. The first-order chi connectivity index (χ1) is 12.4. The quantitative estimate of drug-likeness (QED) is 0.762. The van der Waals surface area contributed by atoms with Gasteiger partial charge in [0.15, 0.2) is 0 Å². The zero-order valence-electron chi connectivity index (χ0n) is 13.5. The lowest BCUT2D eigenvalue weighted by molar-refractivity contribution is -0.274. The fraction of sp³-hybridized carbons (Fsp3) is 0.118. The molecule has 0 spiro atoms. The molecule has 0 saturated carbocycles. The fourth-order valence-corrected chi connectivity index (χ4v) is 2.35. The van der Waals surface area contributed by atoms with Crippen LogP contribution in [0.1, 0.15) is 0 Å². The molecule has 3 aromatic rings. The number of hydrogen-bond acceptors (Lipinski definition) is 6. The number of ether oxygens (including phenoxy) is 2. The van der Waals surface area contributed by atoms with Gasteiger partial charge in [-0.1, -0.05) is 30.3 Å². The van der Waals surface area contributed by atoms with E-state index in [9.17, 15) is 13.2 Å². The van der Waals surface area contributed by atoms with Gasteiger partial charge in [0.25, 0.3) is 0 Å². The van der Waals surface area contributed by atoms with Crippen molar-refractivity contribution in [2.75, 3.05) is 12.8 Å². The zero-order chi connectivity index (χ0) is 18.7. The minimum Gasteiger partial charge on any atom is -0.497 e. The summed E-state index contributed by atoms with van der Waals surface area (Å²) in [5, 5.41) is 7.72. The van der Waals surface area contributed by atoms with Gasteiger partial charge in [-0.05, 0) is 12.1 Å². The fourth-order valence-electron chi connectivity index (χ4n) is 2.35. The van der Waals surface area contributed by atoms with Gasteiger partial charge in [-0.25, -0.2) is 4.98 Å². The van der Waals surface area contributed by atoms with Crippen molar-refractivity contribution < 1.29 is 22.6 Å². The molecule has 6 nitrogen and oxygen atoms in total. The number of nitrogens with two attached hydrogens (primary N) is 1. The van der Waals surface area contributed by atoms with Crippen LogP contribution in [0.4, 0.5) is 19.1 Å². The Balaban J connectivity index is 2.16. The van der Waals surface area contributed by atoms with E-state index in [2.05, 4.69) is 19.9 Å². The van der Waals surface area contributed by atoms with Crippen LogP contribution in [-0.2, 0) is 0 Å². The number of benzene rings is 2. The number of methoxy groups -OCH3 is 1. The molecule has 0 unspecified atom stereocenters. The molecule has 0 aliphatic heterocycles. The van der Waals surface area contributed by atoms with E-state index in [0.717, 1.165) is 6.07 Å². The van der Waals surface area contributed by atoms with Crippen molar-refractivity contribution >= 4 is 5.95 Å². The van der Waals surface area contributed by atoms with Gasteiger partial charge < -0.3 is 15.2 Å². The third kappa shape index (κ3) is 4.00. The zero-order valence-corrected chi connectivity index (χ0v) is 13.5. The number of alkyl halides is 3. The molecule has 9 heteroatoms. The van der Waals surface area contributed by atoms with E-state index in [0.29, 0.717) is 16.8 Å². The molecule has 0 fully saturated rings. The van der Waals surface area contributed by atoms with Gasteiger partial charge in [-0.15, -0.1) is 23.4 Å². The average Bonchev–Trinajstić information content (AvgIpc) is 2.60. The first-order valence-corrected chi connectivity index (χ1v) is 7.36. The SMILES string of the molecule is COc1cc(OC(F)(F)F)cc(-c2nnc(N)nc2-c2ccccc2)c1. The van der Waals surface area contributed by atoms with E-state index in [1.165, 1.54) is 19.2 Å². The highest BCUT2D eigenvalue weighted by atomic mass is 19.4. The molecular weight excluding hydrogens is 349 g/mol. The lowest BCUT2D eigenvalue weighted by Gasteiger charge is -2.13. The number of rotatable bonds is 4. The summed E-state index contributed by atoms with van der Waals surface area (Å²) in [4.78, 5) is 4.18. The molecule has 1 heterocycles. The third-order valence-electron chi connectivity index (χ3n) is 3.37. The van der Waals surface area contributed by atoms with E-state index >= 15 is 0 Å². The van der Waals surface area contributed by atoms with Gasteiger partial charge in [0.1, 0.15) is 22.9 Å². The summed E-state index contributed by atoms with van der Waals surface area (Å²) in [6, 6.07) is 12.8. The summed E-state index contributed by atoms with van der Waals surface area (Å²) in [6.07, 6.45) is -4.84. The van der Waals surface area contributed by atoms with Crippen molar-refractivity contribution in [1.29, 1.82) is 0 Å². The van der Waals surface area contributed by atoms with Crippen LogP contribution in [0.3, 0.4) is 0 Å². The second kappa shape index (κ2) is 6.87. The molecule has 3 rings (SSSR count). The van der Waals surface area contributed by atoms with E-state index in [1.54, 1.807) is 24.3 Å². The van der Waals surface area contributed by atoms with Crippen LogP contribution in [0.25, 0.3) is 22.5 Å². The number of hydrogen-bond donors (Lipinski definition) is 1. The van der Waals surface area contributed by atoms with Gasteiger partial charge >= 0.3 is 6.36 Å². The topological polar surface area (TPSA) is 83.2 Å². The summed E-state index contributed by atoms with van der Waals surface area (Å²) < 4.78 is 46.8. The minimum absolute atomic E-state index is 0.0535. The Hall–Kier alpha value is -3.36. The first-order valence-electron chi connectivity index (χ1n) is 7.36. The van der Waals surface area contributed by atoms with Gasteiger partial charge in [0.2, 0.25) is 5.95 Å². The second-order valence-corrected chi connectivity index (χ2v) is 5.18. The molecular formula is C17H13F3N4O2. The molecule has 1 aromatic heterocycles. The van der Waals surface area contributed by atoms with Crippen molar-refractivity contribution in [2.45, 2.75) is 6.36 Å². The van der Waals surface area contributed by atoms with Crippen LogP contribution in [0, 0.1) is 0 Å². The van der Waals surface area contributed by atoms with Gasteiger partial charge in [0.05, 0.1) is 7.11 Å². The van der Waals surface area contributed by atoms with Crippen molar-refractivity contribution in [3.05, 3.63) is 48.5 Å². The molecule has 2 aromatic carbocycles. The molecule has 0 amide bonds. The summed E-state index contributed by atoms with van der Waals surface area (Å²) in [5.74, 6) is -0.328. The van der Waals surface area contributed by atoms with Crippen molar-refractivity contribution in [1.82, 2.24) is 15.2 Å². The monoisotopic (exact) mass is 362 g/mol. The predicted molar refractivity (Wildman–Crippen MR) is 88.3 cm³/mol. The molecule has 0 bridgehead atoms. The largest absolute Gasteiger partial charge is 0.573 e. The number of anilines is 1. The smallest absolute Gasteiger partial charge is 0.497 e.